The van der Waals surface area contributed by atoms with Crippen molar-refractivity contribution in [2.24, 2.45) is 5.92 Å². The Morgan fingerprint density at radius 1 is 1.48 bits per heavy atom. The van der Waals surface area contributed by atoms with Crippen LogP contribution in [-0.2, 0) is 12.8 Å². The molecule has 0 unspecified atom stereocenters. The molecule has 0 bridgehead atoms. The van der Waals surface area contributed by atoms with Crippen LogP contribution >= 0.6 is 0 Å². The summed E-state index contributed by atoms with van der Waals surface area (Å²) in [4.78, 5) is 15.4. The van der Waals surface area contributed by atoms with Gasteiger partial charge in [0.1, 0.15) is 5.52 Å². The Hall–Kier alpha value is -2.08. The number of hydrogen-bond donors (Lipinski definition) is 3. The molecule has 1 saturated carbocycles. The van der Waals surface area contributed by atoms with Crippen molar-refractivity contribution in [1.29, 1.82) is 0 Å². The van der Waals surface area contributed by atoms with Crippen LogP contribution in [0.15, 0.2) is 22.6 Å². The number of nitrogens with zero attached hydrogens (tertiary/aromatic N) is 1. The van der Waals surface area contributed by atoms with Gasteiger partial charge in [0, 0.05) is 6.42 Å². The second-order valence-corrected chi connectivity index (χ2v) is 6.71. The number of nitrogens with one attached hydrogen (secondary N) is 1. The number of aliphatic hydroxyl groups excluding tert-OH is 1. The van der Waals surface area contributed by atoms with Crippen molar-refractivity contribution in [3.8, 4) is 0 Å². The molecular weight excluding hydrogens is 296 g/mol. The van der Waals surface area contributed by atoms with E-state index in [1.165, 1.54) is 12.8 Å². The number of fused-ring (bicyclic) bond motifs is 1. The maximum absolute atomic E-state index is 10.8. The van der Waals surface area contributed by atoms with E-state index in [1.807, 2.05) is 18.2 Å². The fourth-order valence-electron chi connectivity index (χ4n) is 2.69. The largest absolute Gasteiger partial charge is 0.465 e. The van der Waals surface area contributed by atoms with E-state index in [0.717, 1.165) is 34.9 Å². The molecule has 0 spiro atoms. The summed E-state index contributed by atoms with van der Waals surface area (Å²) in [5.41, 5.74) is 1.84. The lowest BCUT2D eigenvalue weighted by Crippen LogP contribution is -2.48. The smallest absolute Gasteiger partial charge is 0.405 e. The van der Waals surface area contributed by atoms with Crippen molar-refractivity contribution >= 4 is 17.2 Å². The second-order valence-electron chi connectivity index (χ2n) is 6.71. The minimum atomic E-state index is -1.13. The van der Waals surface area contributed by atoms with E-state index in [2.05, 4.69) is 10.3 Å². The summed E-state index contributed by atoms with van der Waals surface area (Å²) >= 11 is 0. The maximum Gasteiger partial charge on any atom is 0.405 e. The Labute approximate surface area is 134 Å². The maximum atomic E-state index is 10.8. The molecule has 1 amide bonds. The normalized spacial score (nSPS) is 17.1. The molecule has 1 aromatic heterocycles. The first-order valence-corrected chi connectivity index (χ1v) is 7.98. The molecule has 3 N–H and O–H groups in total. The lowest BCUT2D eigenvalue weighted by molar-refractivity contribution is 0.141. The predicted octanol–water partition coefficient (Wildman–Crippen LogP) is 2.73. The van der Waals surface area contributed by atoms with E-state index in [-0.39, 0.29) is 6.61 Å². The standard InChI is InChI=1S/C17H22N2O4/c1-17(10-20,19-16(21)22)7-6-12-4-5-14-13(8-12)18-15(23-14)9-11-2-3-11/h4-5,8,11,19-20H,2-3,6-7,9-10H2,1H3,(H,21,22)/t17-/m1/s1. The highest BCUT2D eigenvalue weighted by Gasteiger charge is 2.26. The molecule has 0 aliphatic heterocycles. The van der Waals surface area contributed by atoms with Gasteiger partial charge in [-0.3, -0.25) is 0 Å². The van der Waals surface area contributed by atoms with Crippen LogP contribution in [0.3, 0.4) is 0 Å². The van der Waals surface area contributed by atoms with Gasteiger partial charge in [0.2, 0.25) is 0 Å². The minimum absolute atomic E-state index is 0.239. The molecule has 1 aromatic carbocycles. The molecule has 124 valence electrons. The molecule has 6 heteroatoms. The minimum Gasteiger partial charge on any atom is -0.465 e. The number of benzene rings is 1. The van der Waals surface area contributed by atoms with Crippen LogP contribution in [0.25, 0.3) is 11.1 Å². The van der Waals surface area contributed by atoms with Crippen molar-refractivity contribution < 1.29 is 19.4 Å². The summed E-state index contributed by atoms with van der Waals surface area (Å²) in [6.07, 6.45) is 3.47. The highest BCUT2D eigenvalue weighted by molar-refractivity contribution is 5.73. The number of rotatable bonds is 7. The number of amides is 1. The van der Waals surface area contributed by atoms with Crippen LogP contribution < -0.4 is 5.32 Å². The fourth-order valence-corrected chi connectivity index (χ4v) is 2.69. The summed E-state index contributed by atoms with van der Waals surface area (Å²) in [7, 11) is 0. The molecule has 6 nitrogen and oxygen atoms in total. The van der Waals surface area contributed by atoms with Gasteiger partial charge in [-0.05, 0) is 56.2 Å². The van der Waals surface area contributed by atoms with Gasteiger partial charge < -0.3 is 19.9 Å². The van der Waals surface area contributed by atoms with E-state index in [0.29, 0.717) is 12.8 Å². The third-order valence-corrected chi connectivity index (χ3v) is 4.38. The lowest BCUT2D eigenvalue weighted by Gasteiger charge is -2.27. The first-order valence-electron chi connectivity index (χ1n) is 7.98. The van der Waals surface area contributed by atoms with E-state index in [1.54, 1.807) is 6.92 Å². The molecule has 0 radical (unpaired) electrons. The molecular formula is C17H22N2O4. The van der Waals surface area contributed by atoms with Gasteiger partial charge in [0.05, 0.1) is 12.1 Å². The van der Waals surface area contributed by atoms with Gasteiger partial charge in [-0.1, -0.05) is 6.07 Å². The number of carboxylic acid groups (broad SMARTS) is 1. The Kier molecular flexibility index (Phi) is 4.26. The number of hydrogen-bond acceptors (Lipinski definition) is 4. The quantitative estimate of drug-likeness (QED) is 0.729. The van der Waals surface area contributed by atoms with Crippen LogP contribution in [0.1, 0.15) is 37.6 Å². The van der Waals surface area contributed by atoms with Crippen LogP contribution in [0.4, 0.5) is 4.79 Å². The number of oxazole rings is 1. The lowest BCUT2D eigenvalue weighted by atomic mass is 9.94. The summed E-state index contributed by atoms with van der Waals surface area (Å²) in [6.45, 7) is 1.46. The number of carbonyl (C=O) groups is 1. The first-order chi connectivity index (χ1) is 11.0. The Balaban J connectivity index is 1.68. The Bertz CT molecular complexity index is 708. The van der Waals surface area contributed by atoms with E-state index in [9.17, 15) is 9.90 Å². The van der Waals surface area contributed by atoms with E-state index < -0.39 is 11.6 Å². The predicted molar refractivity (Wildman–Crippen MR) is 85.4 cm³/mol. The molecule has 1 atom stereocenters. The molecule has 1 fully saturated rings. The van der Waals surface area contributed by atoms with E-state index in [4.69, 9.17) is 9.52 Å². The van der Waals surface area contributed by atoms with Crippen molar-refractivity contribution in [3.63, 3.8) is 0 Å². The van der Waals surface area contributed by atoms with Crippen LogP contribution in [0.2, 0.25) is 0 Å². The average molecular weight is 318 g/mol. The summed E-state index contributed by atoms with van der Waals surface area (Å²) in [6, 6.07) is 5.86. The van der Waals surface area contributed by atoms with Gasteiger partial charge in [-0.25, -0.2) is 9.78 Å². The average Bonchev–Trinajstić information content (AvgIpc) is 3.21. The first kappa shape index (κ1) is 15.8. The van der Waals surface area contributed by atoms with Crippen LogP contribution in [-0.4, -0.2) is 33.4 Å². The monoisotopic (exact) mass is 318 g/mol. The summed E-state index contributed by atoms with van der Waals surface area (Å²) < 4.78 is 5.75. The van der Waals surface area contributed by atoms with Crippen molar-refractivity contribution in [2.75, 3.05) is 6.61 Å². The Morgan fingerprint density at radius 3 is 2.91 bits per heavy atom. The molecule has 1 aliphatic carbocycles. The van der Waals surface area contributed by atoms with Gasteiger partial charge >= 0.3 is 6.09 Å². The van der Waals surface area contributed by atoms with Gasteiger partial charge in [0.25, 0.3) is 0 Å². The number of aliphatic hydroxyl groups is 1. The Morgan fingerprint density at radius 2 is 2.26 bits per heavy atom. The number of aromatic nitrogens is 1. The topological polar surface area (TPSA) is 95.6 Å². The highest BCUT2D eigenvalue weighted by Crippen LogP contribution is 2.33. The zero-order valence-corrected chi connectivity index (χ0v) is 13.2. The van der Waals surface area contributed by atoms with Crippen LogP contribution in [0.5, 0.6) is 0 Å². The highest BCUT2D eigenvalue weighted by atomic mass is 16.4. The third kappa shape index (κ3) is 4.01. The zero-order chi connectivity index (χ0) is 16.4. The van der Waals surface area contributed by atoms with Gasteiger partial charge in [0.15, 0.2) is 11.5 Å². The van der Waals surface area contributed by atoms with Crippen LogP contribution in [0, 0.1) is 5.92 Å². The molecule has 2 aromatic rings. The van der Waals surface area contributed by atoms with Gasteiger partial charge in [-0.2, -0.15) is 0 Å². The number of aryl methyl sites for hydroxylation is 1. The van der Waals surface area contributed by atoms with Gasteiger partial charge in [-0.15, -0.1) is 0 Å². The summed E-state index contributed by atoms with van der Waals surface area (Å²) in [5.74, 6) is 1.53. The van der Waals surface area contributed by atoms with E-state index >= 15 is 0 Å². The van der Waals surface area contributed by atoms with Crippen molar-refractivity contribution in [1.82, 2.24) is 10.3 Å². The summed E-state index contributed by atoms with van der Waals surface area (Å²) in [5, 5.41) is 20.7. The SMILES string of the molecule is C[C@](CO)(CCc1ccc2oc(CC3CC3)nc2c1)NC(=O)O. The second kappa shape index (κ2) is 6.20. The third-order valence-electron chi connectivity index (χ3n) is 4.38. The van der Waals surface area contributed by atoms with Crippen molar-refractivity contribution in [2.45, 2.75) is 44.6 Å². The zero-order valence-electron chi connectivity index (χ0n) is 13.2. The molecule has 3 rings (SSSR count). The molecule has 1 heterocycles. The molecule has 23 heavy (non-hydrogen) atoms. The molecule has 0 saturated heterocycles. The molecule has 1 aliphatic rings. The van der Waals surface area contributed by atoms with Crippen molar-refractivity contribution in [3.05, 3.63) is 29.7 Å². The fraction of sp³-hybridized carbons (Fsp3) is 0.529.